The van der Waals surface area contributed by atoms with Crippen LogP contribution in [0.4, 0.5) is 0 Å². The Balaban J connectivity index is 2.70. The molecule has 0 radical (unpaired) electrons. The van der Waals surface area contributed by atoms with Gasteiger partial charge in [-0.2, -0.15) is 5.10 Å². The number of aryl methyl sites for hydroxylation is 1. The number of aromatic nitrogens is 2. The number of benzene rings is 1. The Hall–Kier alpha value is -1.67. The van der Waals surface area contributed by atoms with Crippen LogP contribution in [0.25, 0.3) is 5.69 Å². The lowest BCUT2D eigenvalue weighted by molar-refractivity contribution is 0.0551. The second-order valence-corrected chi connectivity index (χ2v) is 6.01. The number of carbonyl (C=O) groups excluding carboxylic acids is 2. The van der Waals surface area contributed by atoms with E-state index in [-0.39, 0.29) is 11.3 Å². The van der Waals surface area contributed by atoms with Crippen LogP contribution in [0.15, 0.2) is 27.3 Å². The molecule has 0 aliphatic carbocycles. The maximum absolute atomic E-state index is 11.9. The van der Waals surface area contributed by atoms with Crippen LogP contribution in [0.3, 0.4) is 0 Å². The third kappa shape index (κ3) is 2.93. The number of carbonyl (C=O) groups is 2. The van der Waals surface area contributed by atoms with Crippen molar-refractivity contribution in [3.05, 3.63) is 44.1 Å². The molecule has 0 fully saturated rings. The predicted molar refractivity (Wildman–Crippen MR) is 86.4 cm³/mol. The van der Waals surface area contributed by atoms with Crippen molar-refractivity contribution < 1.29 is 19.1 Å². The lowest BCUT2D eigenvalue weighted by Gasteiger charge is -2.07. The van der Waals surface area contributed by atoms with Crippen molar-refractivity contribution in [2.45, 2.75) is 6.92 Å². The number of rotatable bonds is 3. The van der Waals surface area contributed by atoms with Crippen LogP contribution in [0, 0.1) is 6.92 Å². The SMILES string of the molecule is COC(=O)c1nn(-c2ccc(Br)cc2C)c(Br)c1C(=O)OC. The number of ether oxygens (including phenoxy) is 2. The predicted octanol–water partition coefficient (Wildman–Crippen LogP) is 3.28. The van der Waals surface area contributed by atoms with Crippen LogP contribution >= 0.6 is 31.9 Å². The molecule has 0 bridgehead atoms. The summed E-state index contributed by atoms with van der Waals surface area (Å²) in [6.07, 6.45) is 0. The summed E-state index contributed by atoms with van der Waals surface area (Å²) >= 11 is 6.70. The first-order chi connectivity index (χ1) is 10.4. The fraction of sp³-hybridized carbons (Fsp3) is 0.214. The molecule has 0 saturated carbocycles. The van der Waals surface area contributed by atoms with Crippen LogP contribution in [0.2, 0.25) is 0 Å². The van der Waals surface area contributed by atoms with Gasteiger partial charge in [-0.3, -0.25) is 0 Å². The first-order valence-electron chi connectivity index (χ1n) is 6.12. The van der Waals surface area contributed by atoms with Crippen LogP contribution in [-0.2, 0) is 9.47 Å². The Morgan fingerprint density at radius 3 is 2.32 bits per heavy atom. The maximum atomic E-state index is 11.9. The minimum atomic E-state index is -0.713. The van der Waals surface area contributed by atoms with Gasteiger partial charge in [0.25, 0.3) is 0 Å². The zero-order chi connectivity index (χ0) is 16.4. The Labute approximate surface area is 143 Å². The van der Waals surface area contributed by atoms with E-state index in [9.17, 15) is 9.59 Å². The summed E-state index contributed by atoms with van der Waals surface area (Å²) in [6.45, 7) is 1.89. The molecule has 0 atom stereocenters. The standard InChI is InChI=1S/C14H12Br2N2O4/c1-7-6-8(15)4-5-9(7)18-12(16)10(13(19)21-2)11(17-18)14(20)22-3/h4-6H,1-3H3. The summed E-state index contributed by atoms with van der Waals surface area (Å²) in [5.74, 6) is -1.39. The first-order valence-corrected chi connectivity index (χ1v) is 7.71. The van der Waals surface area contributed by atoms with Crippen molar-refractivity contribution in [2.24, 2.45) is 0 Å². The van der Waals surface area contributed by atoms with E-state index in [0.29, 0.717) is 4.60 Å². The lowest BCUT2D eigenvalue weighted by atomic mass is 10.2. The number of hydrogen-bond donors (Lipinski definition) is 0. The summed E-state index contributed by atoms with van der Waals surface area (Å²) in [6, 6.07) is 5.56. The molecule has 1 heterocycles. The van der Waals surface area contributed by atoms with Gasteiger partial charge in [0.15, 0.2) is 5.69 Å². The summed E-state index contributed by atoms with van der Waals surface area (Å²) in [5.41, 5.74) is 1.54. The van der Waals surface area contributed by atoms with E-state index in [2.05, 4.69) is 41.7 Å². The van der Waals surface area contributed by atoms with E-state index >= 15 is 0 Å². The average Bonchev–Trinajstić information content (AvgIpc) is 2.83. The average molecular weight is 432 g/mol. The van der Waals surface area contributed by atoms with Crippen molar-refractivity contribution in [1.82, 2.24) is 9.78 Å². The first kappa shape index (κ1) is 16.7. The van der Waals surface area contributed by atoms with Crippen LogP contribution in [0.5, 0.6) is 0 Å². The van der Waals surface area contributed by atoms with Gasteiger partial charge in [-0.1, -0.05) is 15.9 Å². The van der Waals surface area contributed by atoms with Gasteiger partial charge in [-0.25, -0.2) is 14.3 Å². The number of methoxy groups -OCH3 is 2. The topological polar surface area (TPSA) is 70.4 Å². The highest BCUT2D eigenvalue weighted by atomic mass is 79.9. The van der Waals surface area contributed by atoms with Gasteiger partial charge in [-0.15, -0.1) is 0 Å². The molecule has 116 valence electrons. The van der Waals surface area contributed by atoms with Crippen molar-refractivity contribution in [3.63, 3.8) is 0 Å². The third-order valence-electron chi connectivity index (χ3n) is 2.98. The van der Waals surface area contributed by atoms with Gasteiger partial charge in [0.1, 0.15) is 10.2 Å². The minimum absolute atomic E-state index is 0.0247. The van der Waals surface area contributed by atoms with Gasteiger partial charge in [0, 0.05) is 4.47 Å². The summed E-state index contributed by atoms with van der Waals surface area (Å²) < 4.78 is 12.1. The van der Waals surface area contributed by atoms with E-state index in [0.717, 1.165) is 15.7 Å². The fourth-order valence-corrected chi connectivity index (χ4v) is 3.03. The number of hydrogen-bond acceptors (Lipinski definition) is 5. The highest BCUT2D eigenvalue weighted by molar-refractivity contribution is 9.10. The molecule has 0 aliphatic rings. The normalized spacial score (nSPS) is 10.4. The zero-order valence-corrected chi connectivity index (χ0v) is 15.2. The molecule has 1 aromatic heterocycles. The maximum Gasteiger partial charge on any atom is 0.359 e. The van der Waals surface area contributed by atoms with E-state index in [1.807, 2.05) is 25.1 Å². The molecule has 0 aliphatic heterocycles. The molecule has 0 spiro atoms. The molecule has 1 aromatic carbocycles. The van der Waals surface area contributed by atoms with E-state index in [1.54, 1.807) is 0 Å². The Morgan fingerprint density at radius 2 is 1.77 bits per heavy atom. The molecule has 0 amide bonds. The zero-order valence-electron chi connectivity index (χ0n) is 12.0. The van der Waals surface area contributed by atoms with E-state index in [1.165, 1.54) is 18.9 Å². The van der Waals surface area contributed by atoms with Gasteiger partial charge in [0.2, 0.25) is 0 Å². The van der Waals surface area contributed by atoms with Gasteiger partial charge >= 0.3 is 11.9 Å². The second kappa shape index (κ2) is 6.62. The summed E-state index contributed by atoms with van der Waals surface area (Å²) in [4.78, 5) is 23.8. The van der Waals surface area contributed by atoms with Gasteiger partial charge in [-0.05, 0) is 46.6 Å². The molecule has 6 nitrogen and oxygen atoms in total. The molecule has 0 unspecified atom stereocenters. The Bertz CT molecular complexity index is 756. The highest BCUT2D eigenvalue weighted by Crippen LogP contribution is 2.28. The number of esters is 2. The van der Waals surface area contributed by atoms with Crippen molar-refractivity contribution in [1.29, 1.82) is 0 Å². The molecule has 0 saturated heterocycles. The molecule has 8 heteroatoms. The van der Waals surface area contributed by atoms with E-state index in [4.69, 9.17) is 4.74 Å². The molecule has 2 aromatic rings. The number of nitrogens with zero attached hydrogens (tertiary/aromatic N) is 2. The lowest BCUT2D eigenvalue weighted by Crippen LogP contribution is -2.10. The van der Waals surface area contributed by atoms with Crippen LogP contribution in [0.1, 0.15) is 26.4 Å². The molecular weight excluding hydrogens is 420 g/mol. The summed E-state index contributed by atoms with van der Waals surface area (Å²) in [7, 11) is 2.46. The Kier molecular flexibility index (Phi) is 5.02. The minimum Gasteiger partial charge on any atom is -0.465 e. The highest BCUT2D eigenvalue weighted by Gasteiger charge is 2.29. The smallest absolute Gasteiger partial charge is 0.359 e. The van der Waals surface area contributed by atoms with Gasteiger partial charge < -0.3 is 9.47 Å². The van der Waals surface area contributed by atoms with Crippen LogP contribution < -0.4 is 0 Å². The molecule has 22 heavy (non-hydrogen) atoms. The summed E-state index contributed by atoms with van der Waals surface area (Å²) in [5, 5.41) is 4.19. The molecule has 2 rings (SSSR count). The second-order valence-electron chi connectivity index (χ2n) is 4.34. The van der Waals surface area contributed by atoms with Crippen molar-refractivity contribution >= 4 is 43.8 Å². The van der Waals surface area contributed by atoms with E-state index < -0.39 is 11.9 Å². The van der Waals surface area contributed by atoms with Gasteiger partial charge in [0.05, 0.1) is 19.9 Å². The fourth-order valence-electron chi connectivity index (χ4n) is 1.94. The third-order valence-corrected chi connectivity index (χ3v) is 4.21. The molecular formula is C14H12Br2N2O4. The number of halogens is 2. The van der Waals surface area contributed by atoms with Crippen LogP contribution in [-0.4, -0.2) is 35.9 Å². The molecule has 0 N–H and O–H groups in total. The quantitative estimate of drug-likeness (QED) is 0.697. The Morgan fingerprint density at radius 1 is 1.14 bits per heavy atom. The van der Waals surface area contributed by atoms with Crippen molar-refractivity contribution in [2.75, 3.05) is 14.2 Å². The largest absolute Gasteiger partial charge is 0.465 e. The monoisotopic (exact) mass is 430 g/mol. The van der Waals surface area contributed by atoms with Crippen molar-refractivity contribution in [3.8, 4) is 5.69 Å².